The monoisotopic (exact) mass is 317 g/mol. The Balaban J connectivity index is 1.86. The van der Waals surface area contributed by atoms with Crippen LogP contribution in [0.5, 0.6) is 0 Å². The van der Waals surface area contributed by atoms with E-state index >= 15 is 0 Å². The molecular formula is C18H27N3O2. The SMILES string of the molecule is CCCCNC(=O)c1cccc(NC(=O)CN2CCCCC2)c1. The Labute approximate surface area is 138 Å². The summed E-state index contributed by atoms with van der Waals surface area (Å²) in [6.07, 6.45) is 5.61. The molecule has 1 aliphatic heterocycles. The molecular weight excluding hydrogens is 290 g/mol. The molecule has 2 rings (SSSR count). The van der Waals surface area contributed by atoms with Crippen molar-refractivity contribution in [2.45, 2.75) is 39.0 Å². The number of likely N-dealkylation sites (tertiary alicyclic amines) is 1. The third-order valence-corrected chi connectivity index (χ3v) is 4.04. The molecule has 1 aromatic carbocycles. The first kappa shape index (κ1) is 17.5. The largest absolute Gasteiger partial charge is 0.352 e. The highest BCUT2D eigenvalue weighted by Gasteiger charge is 2.14. The van der Waals surface area contributed by atoms with Gasteiger partial charge < -0.3 is 10.6 Å². The Kier molecular flexibility index (Phi) is 7.07. The van der Waals surface area contributed by atoms with Crippen molar-refractivity contribution in [1.29, 1.82) is 0 Å². The minimum absolute atomic E-state index is 0.0181. The maximum Gasteiger partial charge on any atom is 0.251 e. The molecule has 126 valence electrons. The standard InChI is InChI=1S/C18H27N3O2/c1-2-3-10-19-18(23)15-8-7-9-16(13-15)20-17(22)14-21-11-5-4-6-12-21/h7-9,13H,2-6,10-12,14H2,1H3,(H,19,23)(H,20,22). The van der Waals surface area contributed by atoms with Crippen molar-refractivity contribution in [2.24, 2.45) is 0 Å². The molecule has 1 aromatic rings. The normalized spacial score (nSPS) is 15.2. The van der Waals surface area contributed by atoms with E-state index in [0.29, 0.717) is 24.3 Å². The fourth-order valence-corrected chi connectivity index (χ4v) is 2.74. The smallest absolute Gasteiger partial charge is 0.251 e. The van der Waals surface area contributed by atoms with Crippen LogP contribution in [0.4, 0.5) is 5.69 Å². The molecule has 5 heteroatoms. The van der Waals surface area contributed by atoms with Crippen LogP contribution in [-0.2, 0) is 4.79 Å². The predicted octanol–water partition coefficient (Wildman–Crippen LogP) is 2.64. The van der Waals surface area contributed by atoms with E-state index in [2.05, 4.69) is 22.5 Å². The van der Waals surface area contributed by atoms with E-state index in [-0.39, 0.29) is 11.8 Å². The molecule has 1 aliphatic rings. The van der Waals surface area contributed by atoms with E-state index in [1.54, 1.807) is 18.2 Å². The summed E-state index contributed by atoms with van der Waals surface area (Å²) in [7, 11) is 0. The summed E-state index contributed by atoms with van der Waals surface area (Å²) >= 11 is 0. The highest BCUT2D eigenvalue weighted by Crippen LogP contribution is 2.12. The van der Waals surface area contributed by atoms with E-state index in [9.17, 15) is 9.59 Å². The van der Waals surface area contributed by atoms with Gasteiger partial charge in [-0.25, -0.2) is 0 Å². The lowest BCUT2D eigenvalue weighted by Gasteiger charge is -2.25. The van der Waals surface area contributed by atoms with Crippen LogP contribution in [0.15, 0.2) is 24.3 Å². The number of hydrogen-bond donors (Lipinski definition) is 2. The molecule has 0 spiro atoms. The number of piperidine rings is 1. The van der Waals surface area contributed by atoms with Crippen LogP contribution in [0, 0.1) is 0 Å². The second kappa shape index (κ2) is 9.30. The molecule has 0 radical (unpaired) electrons. The Hall–Kier alpha value is -1.88. The van der Waals surface area contributed by atoms with Gasteiger partial charge >= 0.3 is 0 Å². The summed E-state index contributed by atoms with van der Waals surface area (Å²) in [6, 6.07) is 7.11. The van der Waals surface area contributed by atoms with Gasteiger partial charge in [-0.1, -0.05) is 25.8 Å². The summed E-state index contributed by atoms with van der Waals surface area (Å²) in [5, 5.41) is 5.78. The van der Waals surface area contributed by atoms with Crippen molar-refractivity contribution in [1.82, 2.24) is 10.2 Å². The Morgan fingerprint density at radius 2 is 1.96 bits per heavy atom. The zero-order valence-corrected chi connectivity index (χ0v) is 13.9. The summed E-state index contributed by atoms with van der Waals surface area (Å²) in [5.74, 6) is -0.110. The zero-order valence-electron chi connectivity index (χ0n) is 13.9. The zero-order chi connectivity index (χ0) is 16.5. The number of rotatable bonds is 7. The van der Waals surface area contributed by atoms with Crippen LogP contribution >= 0.6 is 0 Å². The predicted molar refractivity (Wildman–Crippen MR) is 92.6 cm³/mol. The van der Waals surface area contributed by atoms with E-state index in [1.165, 1.54) is 19.3 Å². The van der Waals surface area contributed by atoms with Crippen LogP contribution in [-0.4, -0.2) is 42.9 Å². The van der Waals surface area contributed by atoms with Crippen molar-refractivity contribution in [3.05, 3.63) is 29.8 Å². The third-order valence-electron chi connectivity index (χ3n) is 4.04. The van der Waals surface area contributed by atoms with Crippen LogP contribution in [0.1, 0.15) is 49.4 Å². The minimum atomic E-state index is -0.0921. The summed E-state index contributed by atoms with van der Waals surface area (Å²) < 4.78 is 0. The molecule has 0 aromatic heterocycles. The molecule has 2 N–H and O–H groups in total. The quantitative estimate of drug-likeness (QED) is 0.760. The third kappa shape index (κ3) is 6.02. The van der Waals surface area contributed by atoms with Crippen LogP contribution in [0.2, 0.25) is 0 Å². The lowest BCUT2D eigenvalue weighted by atomic mass is 10.1. The number of benzene rings is 1. The fourth-order valence-electron chi connectivity index (χ4n) is 2.74. The Morgan fingerprint density at radius 3 is 2.70 bits per heavy atom. The molecule has 1 heterocycles. The molecule has 0 unspecified atom stereocenters. The summed E-state index contributed by atoms with van der Waals surface area (Å²) in [6.45, 7) is 5.18. The number of anilines is 1. The minimum Gasteiger partial charge on any atom is -0.352 e. The number of hydrogen-bond acceptors (Lipinski definition) is 3. The van der Waals surface area contributed by atoms with E-state index in [0.717, 1.165) is 25.9 Å². The first-order chi connectivity index (χ1) is 11.2. The van der Waals surface area contributed by atoms with Gasteiger partial charge in [0.1, 0.15) is 0 Å². The number of carbonyl (C=O) groups excluding carboxylic acids is 2. The van der Waals surface area contributed by atoms with Crippen LogP contribution in [0.3, 0.4) is 0 Å². The van der Waals surface area contributed by atoms with Crippen molar-refractivity contribution < 1.29 is 9.59 Å². The molecule has 0 aliphatic carbocycles. The average molecular weight is 317 g/mol. The number of amides is 2. The highest BCUT2D eigenvalue weighted by molar-refractivity contribution is 5.97. The molecule has 0 atom stereocenters. The molecule has 1 saturated heterocycles. The van der Waals surface area contributed by atoms with Gasteiger partial charge in [0.15, 0.2) is 0 Å². The van der Waals surface area contributed by atoms with Gasteiger partial charge in [-0.05, 0) is 50.6 Å². The van der Waals surface area contributed by atoms with E-state index in [4.69, 9.17) is 0 Å². The second-order valence-electron chi connectivity index (χ2n) is 6.08. The summed E-state index contributed by atoms with van der Waals surface area (Å²) in [4.78, 5) is 26.3. The van der Waals surface area contributed by atoms with Gasteiger partial charge in [0, 0.05) is 17.8 Å². The van der Waals surface area contributed by atoms with Gasteiger partial charge in [0.05, 0.1) is 6.54 Å². The number of unbranched alkanes of at least 4 members (excludes halogenated alkanes) is 1. The highest BCUT2D eigenvalue weighted by atomic mass is 16.2. The van der Waals surface area contributed by atoms with Crippen molar-refractivity contribution in [2.75, 3.05) is 31.5 Å². The lowest BCUT2D eigenvalue weighted by Crippen LogP contribution is -2.36. The molecule has 0 saturated carbocycles. The topological polar surface area (TPSA) is 61.4 Å². The van der Waals surface area contributed by atoms with Gasteiger partial charge in [-0.15, -0.1) is 0 Å². The molecule has 2 amide bonds. The first-order valence-electron chi connectivity index (χ1n) is 8.59. The molecule has 0 bridgehead atoms. The van der Waals surface area contributed by atoms with Gasteiger partial charge in [-0.2, -0.15) is 0 Å². The van der Waals surface area contributed by atoms with Gasteiger partial charge in [0.25, 0.3) is 5.91 Å². The van der Waals surface area contributed by atoms with Crippen molar-refractivity contribution in [3.8, 4) is 0 Å². The molecule has 23 heavy (non-hydrogen) atoms. The van der Waals surface area contributed by atoms with Gasteiger partial charge in [-0.3, -0.25) is 14.5 Å². The van der Waals surface area contributed by atoms with Crippen LogP contribution in [0.25, 0.3) is 0 Å². The second-order valence-corrected chi connectivity index (χ2v) is 6.08. The number of nitrogens with zero attached hydrogens (tertiary/aromatic N) is 1. The number of nitrogens with one attached hydrogen (secondary N) is 2. The van der Waals surface area contributed by atoms with E-state index in [1.807, 2.05) is 6.07 Å². The number of carbonyl (C=O) groups is 2. The molecule has 5 nitrogen and oxygen atoms in total. The first-order valence-corrected chi connectivity index (χ1v) is 8.59. The lowest BCUT2D eigenvalue weighted by molar-refractivity contribution is -0.117. The maximum absolute atomic E-state index is 12.1. The van der Waals surface area contributed by atoms with E-state index < -0.39 is 0 Å². The maximum atomic E-state index is 12.1. The van der Waals surface area contributed by atoms with Gasteiger partial charge in [0.2, 0.25) is 5.91 Å². The Bertz CT molecular complexity index is 525. The van der Waals surface area contributed by atoms with Crippen molar-refractivity contribution >= 4 is 17.5 Å². The Morgan fingerprint density at radius 1 is 1.17 bits per heavy atom. The van der Waals surface area contributed by atoms with Crippen molar-refractivity contribution in [3.63, 3.8) is 0 Å². The summed E-state index contributed by atoms with van der Waals surface area (Å²) in [5.41, 5.74) is 1.26. The van der Waals surface area contributed by atoms with Crippen LogP contribution < -0.4 is 10.6 Å². The molecule has 1 fully saturated rings. The fraction of sp³-hybridized carbons (Fsp3) is 0.556. The average Bonchev–Trinajstić information content (AvgIpc) is 2.56.